The number of amidine groups is 1. The van der Waals surface area contributed by atoms with Crippen molar-refractivity contribution < 1.29 is 9.53 Å². The molecule has 0 aliphatic carbocycles. The molecule has 0 aromatic heterocycles. The molecule has 0 radical (unpaired) electrons. The number of nitrogens with zero attached hydrogens (tertiary/aromatic N) is 3. The number of thioether (sulfide) groups is 1. The average Bonchev–Trinajstić information content (AvgIpc) is 2.98. The van der Waals surface area contributed by atoms with Crippen molar-refractivity contribution in [3.63, 3.8) is 0 Å². The molecule has 0 saturated carbocycles. The Balaban J connectivity index is 1.78. The van der Waals surface area contributed by atoms with E-state index < -0.39 is 0 Å². The topological polar surface area (TPSA) is 54.3 Å². The molecule has 138 valence electrons. The van der Waals surface area contributed by atoms with Crippen molar-refractivity contribution in [2.45, 2.75) is 11.7 Å². The van der Waals surface area contributed by atoms with Gasteiger partial charge in [-0.05, 0) is 24.1 Å². The maximum atomic E-state index is 12.7. The molecule has 5 nitrogen and oxygen atoms in total. The van der Waals surface area contributed by atoms with E-state index in [4.69, 9.17) is 4.74 Å². The Morgan fingerprint density at radius 3 is 2.67 bits per heavy atom. The third kappa shape index (κ3) is 4.65. The van der Waals surface area contributed by atoms with E-state index in [1.165, 1.54) is 11.8 Å². The molecule has 1 saturated heterocycles. The van der Waals surface area contributed by atoms with Crippen LogP contribution in [0.4, 0.5) is 0 Å². The first-order chi connectivity index (χ1) is 13.2. The summed E-state index contributed by atoms with van der Waals surface area (Å²) in [6, 6.07) is 17.6. The van der Waals surface area contributed by atoms with Crippen LogP contribution in [0.2, 0.25) is 0 Å². The van der Waals surface area contributed by atoms with Gasteiger partial charge in [0.05, 0.1) is 18.6 Å². The highest BCUT2D eigenvalue weighted by Crippen LogP contribution is 2.30. The van der Waals surface area contributed by atoms with E-state index in [-0.39, 0.29) is 11.2 Å². The zero-order chi connectivity index (χ0) is 19.1. The van der Waals surface area contributed by atoms with Crippen LogP contribution in [0.1, 0.15) is 11.1 Å². The van der Waals surface area contributed by atoms with Crippen molar-refractivity contribution in [1.82, 2.24) is 4.90 Å². The quantitative estimate of drug-likeness (QED) is 0.418. The molecule has 1 aliphatic heterocycles. The maximum Gasteiger partial charge on any atom is 0.242 e. The van der Waals surface area contributed by atoms with Gasteiger partial charge in [-0.25, -0.2) is 0 Å². The average molecular weight is 379 g/mol. The van der Waals surface area contributed by atoms with E-state index in [1.807, 2.05) is 54.6 Å². The first-order valence-electron chi connectivity index (χ1n) is 8.60. The summed E-state index contributed by atoms with van der Waals surface area (Å²) >= 11 is 1.44. The number of benzene rings is 2. The molecule has 27 heavy (non-hydrogen) atoms. The molecule has 1 heterocycles. The zero-order valence-corrected chi connectivity index (χ0v) is 15.9. The highest BCUT2D eigenvalue weighted by atomic mass is 32.2. The number of hydrogen-bond acceptors (Lipinski definition) is 5. The largest absolute Gasteiger partial charge is 0.496 e. The standard InChI is InChI=1S/C21H21N3O2S/c1-3-13-24-20(25)19(14-16-9-5-4-6-10-16)27-21(24)23-22-15-17-11-7-8-12-18(17)26-2/h3-12,15,19H,1,13-14H2,2H3/b22-15+,23-21+/t19-/m0/s1. The molecular formula is C21H21N3O2S. The van der Waals surface area contributed by atoms with Crippen LogP contribution < -0.4 is 4.74 Å². The van der Waals surface area contributed by atoms with Crippen LogP contribution in [-0.4, -0.2) is 41.1 Å². The smallest absolute Gasteiger partial charge is 0.242 e. The summed E-state index contributed by atoms with van der Waals surface area (Å²) in [7, 11) is 1.62. The Morgan fingerprint density at radius 2 is 1.93 bits per heavy atom. The lowest BCUT2D eigenvalue weighted by atomic mass is 10.1. The first-order valence-corrected chi connectivity index (χ1v) is 9.47. The minimum atomic E-state index is -0.201. The second-order valence-corrected chi connectivity index (χ2v) is 7.07. The van der Waals surface area contributed by atoms with Crippen molar-refractivity contribution in [3.8, 4) is 5.75 Å². The maximum absolute atomic E-state index is 12.7. The van der Waals surface area contributed by atoms with Crippen molar-refractivity contribution >= 4 is 29.1 Å². The fraction of sp³-hybridized carbons (Fsp3) is 0.190. The van der Waals surface area contributed by atoms with Crippen molar-refractivity contribution in [2.75, 3.05) is 13.7 Å². The second kappa shape index (κ2) is 9.19. The van der Waals surface area contributed by atoms with E-state index in [2.05, 4.69) is 16.8 Å². The van der Waals surface area contributed by atoms with Crippen LogP contribution in [0.5, 0.6) is 5.75 Å². The Morgan fingerprint density at radius 1 is 1.19 bits per heavy atom. The van der Waals surface area contributed by atoms with Gasteiger partial charge in [0.1, 0.15) is 5.75 Å². The first kappa shape index (κ1) is 18.9. The molecule has 0 bridgehead atoms. The second-order valence-electron chi connectivity index (χ2n) is 5.90. The highest BCUT2D eigenvalue weighted by molar-refractivity contribution is 8.15. The van der Waals surface area contributed by atoms with Gasteiger partial charge >= 0.3 is 0 Å². The van der Waals surface area contributed by atoms with Crippen LogP contribution in [0.15, 0.2) is 77.5 Å². The molecule has 3 rings (SSSR count). The number of rotatable bonds is 7. The van der Waals surface area contributed by atoms with Gasteiger partial charge in [-0.3, -0.25) is 9.69 Å². The van der Waals surface area contributed by atoms with Crippen molar-refractivity contribution in [1.29, 1.82) is 0 Å². The zero-order valence-electron chi connectivity index (χ0n) is 15.1. The number of para-hydroxylation sites is 1. The Labute approximate surface area is 163 Å². The van der Waals surface area contributed by atoms with E-state index >= 15 is 0 Å². The highest BCUT2D eigenvalue weighted by Gasteiger charge is 2.37. The van der Waals surface area contributed by atoms with Gasteiger partial charge in [-0.2, -0.15) is 5.10 Å². The Kier molecular flexibility index (Phi) is 6.44. The van der Waals surface area contributed by atoms with Gasteiger partial charge in [0, 0.05) is 12.1 Å². The van der Waals surface area contributed by atoms with Crippen LogP contribution >= 0.6 is 11.8 Å². The number of methoxy groups -OCH3 is 1. The summed E-state index contributed by atoms with van der Waals surface area (Å²) in [5, 5.41) is 8.85. The number of carbonyl (C=O) groups excluding carboxylic acids is 1. The third-order valence-corrected chi connectivity index (χ3v) is 5.24. The molecule has 1 aliphatic rings. The predicted molar refractivity (Wildman–Crippen MR) is 111 cm³/mol. The van der Waals surface area contributed by atoms with Gasteiger partial charge < -0.3 is 4.74 Å². The SMILES string of the molecule is C=CCN1C(=O)[C@H](Cc2ccccc2)S/C1=N/N=C/c1ccccc1OC. The number of ether oxygens (including phenoxy) is 1. The number of carbonyl (C=O) groups is 1. The Bertz CT molecular complexity index is 865. The Hall–Kier alpha value is -2.86. The molecule has 0 unspecified atom stereocenters. The van der Waals surface area contributed by atoms with Gasteiger partial charge in [-0.15, -0.1) is 11.7 Å². The molecule has 1 atom stereocenters. The predicted octanol–water partition coefficient (Wildman–Crippen LogP) is 3.76. The van der Waals surface area contributed by atoms with Crippen LogP contribution in [-0.2, 0) is 11.2 Å². The fourth-order valence-electron chi connectivity index (χ4n) is 2.75. The van der Waals surface area contributed by atoms with Gasteiger partial charge in [-0.1, -0.05) is 60.3 Å². The van der Waals surface area contributed by atoms with Crippen molar-refractivity contribution in [2.24, 2.45) is 10.2 Å². The van der Waals surface area contributed by atoms with Crippen LogP contribution in [0.25, 0.3) is 0 Å². The minimum Gasteiger partial charge on any atom is -0.496 e. The minimum absolute atomic E-state index is 0.0370. The fourth-order valence-corrected chi connectivity index (χ4v) is 3.90. The summed E-state index contributed by atoms with van der Waals surface area (Å²) in [5.74, 6) is 0.761. The summed E-state index contributed by atoms with van der Waals surface area (Å²) < 4.78 is 5.31. The third-order valence-electron chi connectivity index (χ3n) is 4.07. The molecular weight excluding hydrogens is 358 g/mol. The van der Waals surface area contributed by atoms with E-state index in [0.29, 0.717) is 18.1 Å². The summed E-state index contributed by atoms with van der Waals surface area (Å²) in [4.78, 5) is 14.4. The molecule has 1 amide bonds. The lowest BCUT2D eigenvalue weighted by molar-refractivity contribution is -0.125. The molecule has 2 aromatic rings. The monoisotopic (exact) mass is 379 g/mol. The lowest BCUT2D eigenvalue weighted by Gasteiger charge is -2.12. The number of amides is 1. The normalized spacial score (nSPS) is 18.4. The van der Waals surface area contributed by atoms with E-state index in [0.717, 1.165) is 16.9 Å². The number of hydrogen-bond donors (Lipinski definition) is 0. The summed E-state index contributed by atoms with van der Waals surface area (Å²) in [5.41, 5.74) is 1.95. The van der Waals surface area contributed by atoms with Gasteiger partial charge in [0.2, 0.25) is 5.91 Å². The van der Waals surface area contributed by atoms with Crippen LogP contribution in [0.3, 0.4) is 0 Å². The summed E-state index contributed by atoms with van der Waals surface area (Å²) in [6.45, 7) is 4.16. The van der Waals surface area contributed by atoms with Gasteiger partial charge in [0.25, 0.3) is 0 Å². The summed E-state index contributed by atoms with van der Waals surface area (Å²) in [6.07, 6.45) is 3.99. The van der Waals surface area contributed by atoms with Gasteiger partial charge in [0.15, 0.2) is 5.17 Å². The molecule has 0 spiro atoms. The molecule has 0 N–H and O–H groups in total. The van der Waals surface area contributed by atoms with Crippen LogP contribution in [0, 0.1) is 0 Å². The molecule has 2 aromatic carbocycles. The van der Waals surface area contributed by atoms with E-state index in [1.54, 1.807) is 24.3 Å². The lowest BCUT2D eigenvalue weighted by Crippen LogP contribution is -2.32. The molecule has 1 fully saturated rings. The molecule has 6 heteroatoms. The van der Waals surface area contributed by atoms with Crippen molar-refractivity contribution in [3.05, 3.63) is 78.4 Å². The van der Waals surface area contributed by atoms with E-state index in [9.17, 15) is 4.79 Å².